The van der Waals surface area contributed by atoms with Crippen molar-refractivity contribution in [2.75, 3.05) is 6.61 Å². The summed E-state index contributed by atoms with van der Waals surface area (Å²) >= 11 is 0. The molecule has 88 valence electrons. The van der Waals surface area contributed by atoms with Crippen molar-refractivity contribution in [2.45, 2.75) is 6.92 Å². The number of hydrogen-bond acceptors (Lipinski definition) is 2. The molecule has 0 aliphatic carbocycles. The summed E-state index contributed by atoms with van der Waals surface area (Å²) in [6.45, 7) is 2.08. The normalized spacial score (nSPS) is 11.6. The highest BCUT2D eigenvalue weighted by molar-refractivity contribution is 5.84. The van der Waals surface area contributed by atoms with E-state index >= 15 is 0 Å². The zero-order chi connectivity index (χ0) is 12.3. The van der Waals surface area contributed by atoms with Crippen LogP contribution in [0.2, 0.25) is 0 Å². The van der Waals surface area contributed by atoms with Gasteiger partial charge in [0.2, 0.25) is 0 Å². The maximum absolute atomic E-state index is 10.8. The number of hydrogen-bond donors (Lipinski definition) is 0. The van der Waals surface area contributed by atoms with E-state index in [1.54, 1.807) is 19.1 Å². The van der Waals surface area contributed by atoms with Crippen LogP contribution in [0.1, 0.15) is 12.5 Å². The predicted octanol–water partition coefficient (Wildman–Crippen LogP) is 3.48. The van der Waals surface area contributed by atoms with Crippen molar-refractivity contribution in [3.8, 4) is 0 Å². The average molecular weight is 229 g/mol. The van der Waals surface area contributed by atoms with Gasteiger partial charge in [-0.05, 0) is 18.6 Å². The molecular weight excluding hydrogens is 214 g/mol. The average Bonchev–Trinajstić information content (AvgIpc) is 2.35. The van der Waals surface area contributed by atoms with Gasteiger partial charge in [0.15, 0.2) is 0 Å². The molecule has 0 atom stereocenters. The second kappa shape index (κ2) is 8.05. The number of ether oxygens (including phenoxy) is 1. The Balaban J connectivity index is 2.36. The Morgan fingerprint density at radius 3 is 2.71 bits per heavy atom. The molecule has 0 bridgehead atoms. The summed E-state index contributed by atoms with van der Waals surface area (Å²) in [5.41, 5.74) is 1.12. The topological polar surface area (TPSA) is 38.7 Å². The fourth-order valence-corrected chi connectivity index (χ4v) is 1.11. The fourth-order valence-electron chi connectivity index (χ4n) is 1.11. The van der Waals surface area contributed by atoms with E-state index in [9.17, 15) is 4.79 Å². The van der Waals surface area contributed by atoms with Gasteiger partial charge in [-0.1, -0.05) is 48.6 Å². The lowest BCUT2D eigenvalue weighted by Gasteiger charge is -1.91. The number of rotatable bonds is 4. The largest absolute Gasteiger partial charge is 0.448 e. The Hall–Kier alpha value is -2.16. The molecule has 1 aromatic rings. The molecule has 1 amide bonds. The minimum Gasteiger partial charge on any atom is -0.448 e. The lowest BCUT2D eigenvalue weighted by atomic mass is 10.2. The van der Waals surface area contributed by atoms with Crippen LogP contribution in [0.3, 0.4) is 0 Å². The summed E-state index contributed by atoms with van der Waals surface area (Å²) in [5.74, 6) is 0. The molecule has 3 nitrogen and oxygen atoms in total. The number of nitrogens with zero attached hydrogens (tertiary/aromatic N) is 1. The van der Waals surface area contributed by atoms with E-state index in [-0.39, 0.29) is 0 Å². The minimum absolute atomic E-state index is 0.341. The second-order valence-electron chi connectivity index (χ2n) is 3.13. The molecule has 0 unspecified atom stereocenters. The van der Waals surface area contributed by atoms with E-state index in [1.165, 1.54) is 6.21 Å². The lowest BCUT2D eigenvalue weighted by Crippen LogP contribution is -1.96. The summed E-state index contributed by atoms with van der Waals surface area (Å²) in [7, 11) is 0. The van der Waals surface area contributed by atoms with E-state index in [2.05, 4.69) is 9.73 Å². The molecule has 0 heterocycles. The van der Waals surface area contributed by atoms with E-state index in [0.717, 1.165) is 5.56 Å². The van der Waals surface area contributed by atoms with E-state index in [4.69, 9.17) is 0 Å². The third kappa shape index (κ3) is 6.10. The molecule has 17 heavy (non-hydrogen) atoms. The lowest BCUT2D eigenvalue weighted by molar-refractivity contribution is 0.164. The first-order valence-electron chi connectivity index (χ1n) is 5.42. The van der Waals surface area contributed by atoms with Crippen LogP contribution in [0.25, 0.3) is 6.08 Å². The Bertz CT molecular complexity index is 419. The summed E-state index contributed by atoms with van der Waals surface area (Å²) in [6, 6.07) is 9.95. The van der Waals surface area contributed by atoms with Gasteiger partial charge in [-0.3, -0.25) is 0 Å². The van der Waals surface area contributed by atoms with Crippen LogP contribution in [0.4, 0.5) is 4.79 Å². The summed E-state index contributed by atoms with van der Waals surface area (Å²) in [5, 5.41) is 0. The van der Waals surface area contributed by atoms with Crippen LogP contribution in [-0.4, -0.2) is 18.9 Å². The second-order valence-corrected chi connectivity index (χ2v) is 3.13. The molecule has 1 rings (SSSR count). The first-order chi connectivity index (χ1) is 8.33. The van der Waals surface area contributed by atoms with E-state index in [0.29, 0.717) is 6.61 Å². The monoisotopic (exact) mass is 229 g/mol. The Labute approximate surface area is 101 Å². The van der Waals surface area contributed by atoms with Crippen molar-refractivity contribution in [3.05, 3.63) is 54.1 Å². The van der Waals surface area contributed by atoms with Crippen molar-refractivity contribution in [1.29, 1.82) is 0 Å². The molecule has 0 spiro atoms. The number of carbonyl (C=O) groups is 1. The molecule has 0 radical (unpaired) electrons. The maximum Gasteiger partial charge on any atom is 0.433 e. The summed E-state index contributed by atoms with van der Waals surface area (Å²) in [4.78, 5) is 14.4. The third-order valence-corrected chi connectivity index (χ3v) is 1.84. The number of allylic oxidation sites excluding steroid dienone is 3. The van der Waals surface area contributed by atoms with Crippen LogP contribution < -0.4 is 0 Å². The van der Waals surface area contributed by atoms with Crippen molar-refractivity contribution in [3.63, 3.8) is 0 Å². The SMILES string of the molecule is CCOC(=O)/N=C/C=C\C=C/c1ccccc1. The van der Waals surface area contributed by atoms with Gasteiger partial charge < -0.3 is 4.74 Å². The molecule has 3 heteroatoms. The molecule has 0 aliphatic heterocycles. The first kappa shape index (κ1) is 12.9. The van der Waals surface area contributed by atoms with Gasteiger partial charge >= 0.3 is 6.09 Å². The molecule has 0 aliphatic rings. The van der Waals surface area contributed by atoms with Crippen molar-refractivity contribution in [1.82, 2.24) is 0 Å². The van der Waals surface area contributed by atoms with Crippen LogP contribution in [0.15, 0.2) is 53.6 Å². The quantitative estimate of drug-likeness (QED) is 0.585. The number of carbonyl (C=O) groups excluding carboxylic acids is 1. The van der Waals surface area contributed by atoms with Gasteiger partial charge in [0, 0.05) is 6.21 Å². The standard InChI is InChI=1S/C14H15NO2/c1-2-17-14(16)15-12-8-4-7-11-13-9-5-3-6-10-13/h3-12H,2H2,1H3/b8-4-,11-7-,15-12+. The molecular formula is C14H15NO2. The van der Waals surface area contributed by atoms with Crippen molar-refractivity contribution in [2.24, 2.45) is 4.99 Å². The highest BCUT2D eigenvalue weighted by Crippen LogP contribution is 2.00. The number of amides is 1. The minimum atomic E-state index is -0.566. The molecule has 0 saturated carbocycles. The van der Waals surface area contributed by atoms with Crippen LogP contribution >= 0.6 is 0 Å². The van der Waals surface area contributed by atoms with Crippen molar-refractivity contribution < 1.29 is 9.53 Å². The van der Waals surface area contributed by atoms with Crippen LogP contribution in [0, 0.1) is 0 Å². The predicted molar refractivity (Wildman–Crippen MR) is 70.1 cm³/mol. The summed E-state index contributed by atoms with van der Waals surface area (Å²) < 4.78 is 4.63. The molecule has 0 fully saturated rings. The van der Waals surface area contributed by atoms with Gasteiger partial charge in [-0.2, -0.15) is 4.99 Å². The highest BCUT2D eigenvalue weighted by Gasteiger charge is 1.91. The zero-order valence-corrected chi connectivity index (χ0v) is 9.74. The maximum atomic E-state index is 10.8. The summed E-state index contributed by atoms with van der Waals surface area (Å²) in [6.07, 6.45) is 8.17. The fraction of sp³-hybridized carbons (Fsp3) is 0.143. The van der Waals surface area contributed by atoms with Gasteiger partial charge in [0.1, 0.15) is 0 Å². The Morgan fingerprint density at radius 1 is 1.24 bits per heavy atom. The number of aliphatic imine (C=N–C) groups is 1. The smallest absolute Gasteiger partial charge is 0.433 e. The first-order valence-corrected chi connectivity index (χ1v) is 5.42. The Morgan fingerprint density at radius 2 is 2.00 bits per heavy atom. The molecule has 0 aromatic heterocycles. The Kier molecular flexibility index (Phi) is 6.11. The van der Waals surface area contributed by atoms with E-state index in [1.807, 2.05) is 42.5 Å². The number of benzene rings is 1. The third-order valence-electron chi connectivity index (χ3n) is 1.84. The van der Waals surface area contributed by atoms with Crippen LogP contribution in [0.5, 0.6) is 0 Å². The molecule has 1 aromatic carbocycles. The zero-order valence-electron chi connectivity index (χ0n) is 9.74. The van der Waals surface area contributed by atoms with Gasteiger partial charge in [0.05, 0.1) is 6.61 Å². The van der Waals surface area contributed by atoms with Gasteiger partial charge in [-0.25, -0.2) is 4.79 Å². The molecule has 0 N–H and O–H groups in total. The molecule has 0 saturated heterocycles. The van der Waals surface area contributed by atoms with Gasteiger partial charge in [-0.15, -0.1) is 0 Å². The van der Waals surface area contributed by atoms with Gasteiger partial charge in [0.25, 0.3) is 0 Å². The van der Waals surface area contributed by atoms with E-state index < -0.39 is 6.09 Å². The van der Waals surface area contributed by atoms with Crippen molar-refractivity contribution >= 4 is 18.4 Å². The van der Waals surface area contributed by atoms with Crippen LogP contribution in [-0.2, 0) is 4.74 Å². The highest BCUT2D eigenvalue weighted by atomic mass is 16.5.